The quantitative estimate of drug-likeness (QED) is 0.894. The van der Waals surface area contributed by atoms with Gasteiger partial charge >= 0.3 is 5.97 Å². The van der Waals surface area contributed by atoms with Gasteiger partial charge in [0, 0.05) is 16.6 Å². The summed E-state index contributed by atoms with van der Waals surface area (Å²) in [5.41, 5.74) is 1.52. The van der Waals surface area contributed by atoms with Gasteiger partial charge in [-0.15, -0.1) is 0 Å². The van der Waals surface area contributed by atoms with Gasteiger partial charge in [0.15, 0.2) is 6.10 Å². The highest BCUT2D eigenvalue weighted by molar-refractivity contribution is 9.10. The molecule has 1 aromatic rings. The van der Waals surface area contributed by atoms with E-state index < -0.39 is 12.1 Å². The van der Waals surface area contributed by atoms with E-state index in [1.807, 2.05) is 13.0 Å². The van der Waals surface area contributed by atoms with E-state index >= 15 is 0 Å². The predicted molar refractivity (Wildman–Crippen MR) is 76.8 cm³/mol. The third-order valence-corrected chi connectivity index (χ3v) is 4.12. The summed E-state index contributed by atoms with van der Waals surface area (Å²) in [6.45, 7) is 4.15. The molecule has 0 bridgehead atoms. The van der Waals surface area contributed by atoms with Gasteiger partial charge in [0.2, 0.25) is 0 Å². The van der Waals surface area contributed by atoms with Gasteiger partial charge in [-0.2, -0.15) is 0 Å². The minimum Gasteiger partial charge on any atom is -0.479 e. The second kappa shape index (κ2) is 5.93. The fraction of sp³-hybridized carbons (Fsp3) is 0.429. The number of amides is 1. The fourth-order valence-corrected chi connectivity index (χ4v) is 2.46. The standard InChI is InChI=1S/C14H16BrNO4/c1-8-5-10(3-4-11(8)15)13(17)16-6-9(2)20-12(7-16)14(18)19/h3-5,9,12H,6-7H2,1-2H3,(H,18,19)/t9-,12?/m1/s1. The molecule has 2 rings (SSSR count). The van der Waals surface area contributed by atoms with Crippen molar-refractivity contribution < 1.29 is 19.4 Å². The van der Waals surface area contributed by atoms with Crippen LogP contribution < -0.4 is 0 Å². The molecule has 1 fully saturated rings. The number of ether oxygens (including phenoxy) is 1. The van der Waals surface area contributed by atoms with Gasteiger partial charge in [-0.05, 0) is 37.6 Å². The molecule has 1 heterocycles. The Morgan fingerprint density at radius 2 is 2.10 bits per heavy atom. The molecular formula is C14H16BrNO4. The highest BCUT2D eigenvalue weighted by atomic mass is 79.9. The van der Waals surface area contributed by atoms with Crippen LogP contribution in [0.2, 0.25) is 0 Å². The molecule has 20 heavy (non-hydrogen) atoms. The second-order valence-corrected chi connectivity index (χ2v) is 5.80. The molecule has 0 saturated carbocycles. The molecule has 1 aliphatic rings. The van der Waals surface area contributed by atoms with Gasteiger partial charge in [-0.25, -0.2) is 4.79 Å². The first-order valence-electron chi connectivity index (χ1n) is 6.32. The van der Waals surface area contributed by atoms with Gasteiger partial charge in [0.05, 0.1) is 12.6 Å². The molecule has 108 valence electrons. The minimum absolute atomic E-state index is 0.0770. The maximum absolute atomic E-state index is 12.4. The molecule has 1 aromatic carbocycles. The first-order chi connectivity index (χ1) is 9.38. The Kier molecular flexibility index (Phi) is 4.45. The van der Waals surface area contributed by atoms with Crippen LogP contribution in [-0.2, 0) is 9.53 Å². The van der Waals surface area contributed by atoms with Gasteiger partial charge in [0.1, 0.15) is 0 Å². The highest BCUT2D eigenvalue weighted by Gasteiger charge is 2.33. The number of rotatable bonds is 2. The highest BCUT2D eigenvalue weighted by Crippen LogP contribution is 2.20. The Hall–Kier alpha value is -1.40. The summed E-state index contributed by atoms with van der Waals surface area (Å²) < 4.78 is 6.24. The van der Waals surface area contributed by atoms with Crippen molar-refractivity contribution in [3.8, 4) is 0 Å². The first-order valence-corrected chi connectivity index (χ1v) is 7.11. The van der Waals surface area contributed by atoms with Gasteiger partial charge in [0.25, 0.3) is 5.91 Å². The van der Waals surface area contributed by atoms with Crippen LogP contribution in [0, 0.1) is 6.92 Å². The number of hydrogen-bond donors (Lipinski definition) is 1. The molecule has 0 aliphatic carbocycles. The van der Waals surface area contributed by atoms with Crippen molar-refractivity contribution in [2.24, 2.45) is 0 Å². The molecule has 1 aliphatic heterocycles. The van der Waals surface area contributed by atoms with E-state index in [9.17, 15) is 9.59 Å². The second-order valence-electron chi connectivity index (χ2n) is 4.95. The maximum atomic E-state index is 12.4. The van der Waals surface area contributed by atoms with Crippen molar-refractivity contribution >= 4 is 27.8 Å². The van der Waals surface area contributed by atoms with Gasteiger partial charge in [-0.3, -0.25) is 4.79 Å². The Labute approximate surface area is 125 Å². The van der Waals surface area contributed by atoms with Crippen molar-refractivity contribution in [3.05, 3.63) is 33.8 Å². The Morgan fingerprint density at radius 1 is 1.40 bits per heavy atom. The van der Waals surface area contributed by atoms with Crippen molar-refractivity contribution in [1.29, 1.82) is 0 Å². The number of carboxylic acid groups (broad SMARTS) is 1. The monoisotopic (exact) mass is 341 g/mol. The molecule has 6 heteroatoms. The fourth-order valence-electron chi connectivity index (χ4n) is 2.21. The Balaban J connectivity index is 2.19. The van der Waals surface area contributed by atoms with Gasteiger partial charge < -0.3 is 14.7 Å². The lowest BCUT2D eigenvalue weighted by Crippen LogP contribution is -2.51. The zero-order valence-corrected chi connectivity index (χ0v) is 12.9. The van der Waals surface area contributed by atoms with E-state index in [1.165, 1.54) is 4.90 Å². The minimum atomic E-state index is -1.04. The van der Waals surface area contributed by atoms with Crippen LogP contribution in [0.3, 0.4) is 0 Å². The first kappa shape index (κ1) is 15.0. The van der Waals surface area contributed by atoms with Crippen LogP contribution in [0.1, 0.15) is 22.8 Å². The molecule has 0 spiro atoms. The summed E-state index contributed by atoms with van der Waals surface area (Å²) in [4.78, 5) is 25.0. The smallest absolute Gasteiger partial charge is 0.334 e. The Bertz CT molecular complexity index is 546. The van der Waals surface area contributed by atoms with E-state index in [0.717, 1.165) is 10.0 Å². The van der Waals surface area contributed by atoms with Crippen LogP contribution in [0.25, 0.3) is 0 Å². The van der Waals surface area contributed by atoms with Crippen LogP contribution in [0.4, 0.5) is 0 Å². The summed E-state index contributed by atoms with van der Waals surface area (Å²) in [5.74, 6) is -1.21. The molecule has 1 N–H and O–H groups in total. The molecule has 0 radical (unpaired) electrons. The van der Waals surface area contributed by atoms with Crippen molar-refractivity contribution in [3.63, 3.8) is 0 Å². The summed E-state index contributed by atoms with van der Waals surface area (Å²) in [5, 5.41) is 9.04. The predicted octanol–water partition coefficient (Wildman–Crippen LogP) is 2.07. The van der Waals surface area contributed by atoms with Crippen molar-refractivity contribution in [2.75, 3.05) is 13.1 Å². The van der Waals surface area contributed by atoms with E-state index in [2.05, 4.69) is 15.9 Å². The van der Waals surface area contributed by atoms with Crippen LogP contribution in [0.15, 0.2) is 22.7 Å². The average Bonchev–Trinajstić information content (AvgIpc) is 2.40. The lowest BCUT2D eigenvalue weighted by molar-refractivity contribution is -0.160. The lowest BCUT2D eigenvalue weighted by Gasteiger charge is -2.35. The largest absolute Gasteiger partial charge is 0.479 e. The zero-order valence-electron chi connectivity index (χ0n) is 11.3. The topological polar surface area (TPSA) is 66.8 Å². The number of carboxylic acids is 1. The third kappa shape index (κ3) is 3.19. The number of carbonyl (C=O) groups excluding carboxylic acids is 1. The van der Waals surface area contributed by atoms with Crippen molar-refractivity contribution in [1.82, 2.24) is 4.90 Å². The number of aryl methyl sites for hydroxylation is 1. The SMILES string of the molecule is Cc1cc(C(=O)N2CC(C(=O)O)O[C@H](C)C2)ccc1Br. The number of nitrogens with zero attached hydrogens (tertiary/aromatic N) is 1. The van der Waals surface area contributed by atoms with Crippen LogP contribution >= 0.6 is 15.9 Å². The number of benzene rings is 1. The Morgan fingerprint density at radius 3 is 2.70 bits per heavy atom. The molecule has 1 amide bonds. The zero-order chi connectivity index (χ0) is 14.9. The number of hydrogen-bond acceptors (Lipinski definition) is 3. The van der Waals surface area contributed by atoms with E-state index in [1.54, 1.807) is 19.1 Å². The molecule has 5 nitrogen and oxygen atoms in total. The molecule has 2 atom stereocenters. The maximum Gasteiger partial charge on any atom is 0.334 e. The number of halogens is 1. The number of carbonyl (C=O) groups is 2. The average molecular weight is 342 g/mol. The molecule has 0 aromatic heterocycles. The molecule has 1 unspecified atom stereocenters. The van der Waals surface area contributed by atoms with E-state index in [0.29, 0.717) is 12.1 Å². The summed E-state index contributed by atoms with van der Waals surface area (Å²) in [6.07, 6.45) is -1.25. The summed E-state index contributed by atoms with van der Waals surface area (Å²) >= 11 is 3.39. The summed E-state index contributed by atoms with van der Waals surface area (Å²) in [7, 11) is 0. The molecular weight excluding hydrogens is 326 g/mol. The van der Waals surface area contributed by atoms with Crippen LogP contribution in [-0.4, -0.2) is 47.2 Å². The van der Waals surface area contributed by atoms with E-state index in [-0.39, 0.29) is 18.6 Å². The molecule has 1 saturated heterocycles. The third-order valence-electron chi connectivity index (χ3n) is 3.23. The van der Waals surface area contributed by atoms with E-state index in [4.69, 9.17) is 9.84 Å². The van der Waals surface area contributed by atoms with Gasteiger partial charge in [-0.1, -0.05) is 15.9 Å². The summed E-state index contributed by atoms with van der Waals surface area (Å²) in [6, 6.07) is 5.35. The number of aliphatic carboxylic acids is 1. The normalized spacial score (nSPS) is 22.6. The van der Waals surface area contributed by atoms with Crippen molar-refractivity contribution in [2.45, 2.75) is 26.1 Å². The number of morpholine rings is 1. The van der Waals surface area contributed by atoms with Crippen LogP contribution in [0.5, 0.6) is 0 Å². The lowest BCUT2D eigenvalue weighted by atomic mass is 10.1.